The van der Waals surface area contributed by atoms with Crippen molar-refractivity contribution in [2.24, 2.45) is 0 Å². The third-order valence-electron chi connectivity index (χ3n) is 3.12. The van der Waals surface area contributed by atoms with Crippen LogP contribution in [0.25, 0.3) is 0 Å². The van der Waals surface area contributed by atoms with Crippen molar-refractivity contribution >= 4 is 28.9 Å². The first-order chi connectivity index (χ1) is 9.06. The fraction of sp³-hybridized carbons (Fsp3) is 0.462. The molecule has 1 amide bonds. The summed E-state index contributed by atoms with van der Waals surface area (Å²) in [7, 11) is 0. The predicted molar refractivity (Wildman–Crippen MR) is 76.3 cm³/mol. The number of hydrogen-bond acceptors (Lipinski definition) is 4. The number of anilines is 2. The zero-order chi connectivity index (χ0) is 13.8. The zero-order valence-electron chi connectivity index (χ0n) is 10.9. The molecule has 1 heterocycles. The summed E-state index contributed by atoms with van der Waals surface area (Å²) in [5.74, 6) is -0.0829. The van der Waals surface area contributed by atoms with E-state index in [-0.39, 0.29) is 11.9 Å². The van der Waals surface area contributed by atoms with Crippen LogP contribution in [0.2, 0.25) is 5.02 Å². The Morgan fingerprint density at radius 1 is 1.63 bits per heavy atom. The number of rotatable bonds is 3. The highest BCUT2D eigenvalue weighted by molar-refractivity contribution is 6.34. The van der Waals surface area contributed by atoms with Crippen molar-refractivity contribution in [1.82, 2.24) is 4.90 Å². The molecule has 0 radical (unpaired) electrons. The van der Waals surface area contributed by atoms with Gasteiger partial charge in [0.1, 0.15) is 0 Å². The van der Waals surface area contributed by atoms with E-state index in [1.165, 1.54) is 0 Å². The molecule has 0 saturated carbocycles. The maximum atomic E-state index is 12.0. The molecule has 1 aromatic rings. The molecule has 1 unspecified atom stereocenters. The minimum absolute atomic E-state index is 0.0829. The van der Waals surface area contributed by atoms with Crippen LogP contribution in [0.15, 0.2) is 18.2 Å². The summed E-state index contributed by atoms with van der Waals surface area (Å²) in [6.07, 6.45) is 0. The van der Waals surface area contributed by atoms with E-state index < -0.39 is 0 Å². The number of nitrogen functional groups attached to an aromatic ring is 1. The molecule has 0 bridgehead atoms. The van der Waals surface area contributed by atoms with Gasteiger partial charge < -0.3 is 15.8 Å². The highest BCUT2D eigenvalue weighted by atomic mass is 35.5. The van der Waals surface area contributed by atoms with Crippen LogP contribution in [0.4, 0.5) is 11.4 Å². The van der Waals surface area contributed by atoms with Gasteiger partial charge in [0.05, 0.1) is 30.5 Å². The predicted octanol–water partition coefficient (Wildman–Crippen LogP) is 1.58. The van der Waals surface area contributed by atoms with E-state index >= 15 is 0 Å². The average Bonchev–Trinajstić information content (AvgIpc) is 2.36. The Morgan fingerprint density at radius 2 is 2.42 bits per heavy atom. The Hall–Kier alpha value is -1.30. The summed E-state index contributed by atoms with van der Waals surface area (Å²) in [5.41, 5.74) is 6.77. The van der Waals surface area contributed by atoms with Gasteiger partial charge in [-0.05, 0) is 25.1 Å². The molecule has 1 atom stereocenters. The fourth-order valence-electron chi connectivity index (χ4n) is 2.00. The van der Waals surface area contributed by atoms with Gasteiger partial charge in [-0.1, -0.05) is 11.6 Å². The summed E-state index contributed by atoms with van der Waals surface area (Å²) in [6.45, 7) is 4.48. The van der Waals surface area contributed by atoms with Gasteiger partial charge in [-0.25, -0.2) is 0 Å². The van der Waals surface area contributed by atoms with Crippen LogP contribution in [-0.2, 0) is 9.53 Å². The highest BCUT2D eigenvalue weighted by Crippen LogP contribution is 2.24. The van der Waals surface area contributed by atoms with Crippen LogP contribution in [0, 0.1) is 0 Å². The van der Waals surface area contributed by atoms with Gasteiger partial charge in [-0.2, -0.15) is 0 Å². The van der Waals surface area contributed by atoms with Gasteiger partial charge in [-0.3, -0.25) is 9.69 Å². The number of morpholine rings is 1. The van der Waals surface area contributed by atoms with E-state index in [1.807, 2.05) is 6.92 Å². The molecule has 104 valence electrons. The third kappa shape index (κ3) is 3.83. The van der Waals surface area contributed by atoms with E-state index in [0.717, 1.165) is 6.54 Å². The average molecular weight is 284 g/mol. The van der Waals surface area contributed by atoms with Gasteiger partial charge in [0, 0.05) is 18.3 Å². The molecule has 0 spiro atoms. The lowest BCUT2D eigenvalue weighted by Crippen LogP contribution is -2.47. The molecule has 5 nitrogen and oxygen atoms in total. The van der Waals surface area contributed by atoms with Crippen LogP contribution in [-0.4, -0.2) is 43.2 Å². The number of ether oxygens (including phenoxy) is 1. The summed E-state index contributed by atoms with van der Waals surface area (Å²) < 4.78 is 5.34. The molecule has 1 fully saturated rings. The summed E-state index contributed by atoms with van der Waals surface area (Å²) in [5, 5.41) is 3.24. The lowest BCUT2D eigenvalue weighted by atomic mass is 10.2. The molecule has 1 saturated heterocycles. The van der Waals surface area contributed by atoms with Crippen molar-refractivity contribution in [2.75, 3.05) is 37.4 Å². The molecule has 0 aliphatic carbocycles. The molecule has 1 aliphatic rings. The van der Waals surface area contributed by atoms with Gasteiger partial charge in [-0.15, -0.1) is 0 Å². The van der Waals surface area contributed by atoms with E-state index in [1.54, 1.807) is 18.2 Å². The summed E-state index contributed by atoms with van der Waals surface area (Å²) >= 11 is 6.02. The molecule has 1 aliphatic heterocycles. The fourth-order valence-corrected chi connectivity index (χ4v) is 2.24. The van der Waals surface area contributed by atoms with Crippen molar-refractivity contribution < 1.29 is 9.53 Å². The minimum Gasteiger partial charge on any atom is -0.399 e. The topological polar surface area (TPSA) is 67.6 Å². The van der Waals surface area contributed by atoms with E-state index in [4.69, 9.17) is 22.1 Å². The Morgan fingerprint density at radius 3 is 3.11 bits per heavy atom. The van der Waals surface area contributed by atoms with Crippen LogP contribution >= 0.6 is 11.6 Å². The lowest BCUT2D eigenvalue weighted by Gasteiger charge is -2.32. The lowest BCUT2D eigenvalue weighted by molar-refractivity contribution is -0.119. The molecule has 6 heteroatoms. The first-order valence-corrected chi connectivity index (χ1v) is 6.60. The monoisotopic (exact) mass is 283 g/mol. The number of carbonyl (C=O) groups is 1. The van der Waals surface area contributed by atoms with Crippen molar-refractivity contribution in [3.05, 3.63) is 23.2 Å². The second kappa shape index (κ2) is 6.23. The molecule has 1 aromatic carbocycles. The number of nitrogens with one attached hydrogen (secondary N) is 1. The molecule has 2 rings (SSSR count). The zero-order valence-corrected chi connectivity index (χ0v) is 11.6. The maximum absolute atomic E-state index is 12.0. The quantitative estimate of drug-likeness (QED) is 0.827. The number of carbonyl (C=O) groups excluding carboxylic acids is 1. The minimum atomic E-state index is -0.0829. The molecular weight excluding hydrogens is 266 g/mol. The first kappa shape index (κ1) is 14.1. The van der Waals surface area contributed by atoms with Crippen LogP contribution < -0.4 is 11.1 Å². The van der Waals surface area contributed by atoms with Crippen molar-refractivity contribution in [1.29, 1.82) is 0 Å². The molecule has 19 heavy (non-hydrogen) atoms. The summed E-state index contributed by atoms with van der Waals surface area (Å²) in [4.78, 5) is 14.1. The first-order valence-electron chi connectivity index (χ1n) is 6.23. The third-order valence-corrected chi connectivity index (χ3v) is 3.43. The van der Waals surface area contributed by atoms with Gasteiger partial charge in [0.15, 0.2) is 0 Å². The van der Waals surface area contributed by atoms with E-state index in [2.05, 4.69) is 10.2 Å². The molecule has 0 aromatic heterocycles. The summed E-state index contributed by atoms with van der Waals surface area (Å²) in [6, 6.07) is 5.28. The standard InChI is InChI=1S/C13H18ClN3O2/c1-9-8-19-5-4-17(9)7-13(18)16-12-3-2-10(15)6-11(12)14/h2-3,6,9H,4-5,7-8,15H2,1H3,(H,16,18). The molecular formula is C13H18ClN3O2. The van der Waals surface area contributed by atoms with E-state index in [9.17, 15) is 4.79 Å². The second-order valence-electron chi connectivity index (χ2n) is 4.68. The molecule has 3 N–H and O–H groups in total. The number of nitrogens with two attached hydrogens (primary N) is 1. The van der Waals surface area contributed by atoms with Gasteiger partial charge in [0.2, 0.25) is 5.91 Å². The van der Waals surface area contributed by atoms with Gasteiger partial charge >= 0.3 is 0 Å². The number of amides is 1. The largest absolute Gasteiger partial charge is 0.399 e. The maximum Gasteiger partial charge on any atom is 0.238 e. The Bertz CT molecular complexity index is 467. The smallest absolute Gasteiger partial charge is 0.238 e. The Balaban J connectivity index is 1.93. The number of nitrogens with zero attached hydrogens (tertiary/aromatic N) is 1. The van der Waals surface area contributed by atoms with Crippen LogP contribution in [0.1, 0.15) is 6.92 Å². The van der Waals surface area contributed by atoms with E-state index in [0.29, 0.717) is 36.2 Å². The number of hydrogen-bond donors (Lipinski definition) is 2. The van der Waals surface area contributed by atoms with Crippen molar-refractivity contribution in [3.63, 3.8) is 0 Å². The van der Waals surface area contributed by atoms with Crippen LogP contribution in [0.5, 0.6) is 0 Å². The van der Waals surface area contributed by atoms with Gasteiger partial charge in [0.25, 0.3) is 0 Å². The normalized spacial score (nSPS) is 20.2. The number of halogens is 1. The van der Waals surface area contributed by atoms with Crippen molar-refractivity contribution in [3.8, 4) is 0 Å². The SMILES string of the molecule is CC1COCCN1CC(=O)Nc1ccc(N)cc1Cl. The Labute approximate surface area is 117 Å². The highest BCUT2D eigenvalue weighted by Gasteiger charge is 2.21. The second-order valence-corrected chi connectivity index (χ2v) is 5.09. The Kier molecular flexibility index (Phi) is 4.63. The van der Waals surface area contributed by atoms with Crippen LogP contribution in [0.3, 0.4) is 0 Å². The van der Waals surface area contributed by atoms with Crippen molar-refractivity contribution in [2.45, 2.75) is 13.0 Å². The number of benzene rings is 1.